The first kappa shape index (κ1) is 22.1. The van der Waals surface area contributed by atoms with E-state index in [1.807, 2.05) is 12.1 Å². The maximum absolute atomic E-state index is 5.93. The quantitative estimate of drug-likeness (QED) is 0.324. The van der Waals surface area contributed by atoms with Crippen LogP contribution in [0.3, 0.4) is 0 Å². The topological polar surface area (TPSA) is 80.5 Å². The van der Waals surface area contributed by atoms with E-state index in [1.165, 1.54) is 0 Å². The molecule has 3 rings (SSSR count). The van der Waals surface area contributed by atoms with Crippen LogP contribution in [-0.2, 0) is 20.6 Å². The maximum Gasteiger partial charge on any atom is 0.191 e. The third-order valence-corrected chi connectivity index (χ3v) is 5.10. The van der Waals surface area contributed by atoms with Gasteiger partial charge in [-0.1, -0.05) is 0 Å². The van der Waals surface area contributed by atoms with E-state index < -0.39 is 0 Å². The van der Waals surface area contributed by atoms with Crippen molar-refractivity contribution in [2.24, 2.45) is 4.99 Å². The molecule has 0 bridgehead atoms. The van der Waals surface area contributed by atoms with E-state index >= 15 is 0 Å². The van der Waals surface area contributed by atoms with Crippen LogP contribution in [0, 0.1) is 0 Å². The highest BCUT2D eigenvalue weighted by atomic mass is 16.5. The molecule has 2 saturated heterocycles. The number of morpholine rings is 1. The highest BCUT2D eigenvalue weighted by Crippen LogP contribution is 2.08. The molecular formula is C21H36N4O4. The van der Waals surface area contributed by atoms with Gasteiger partial charge in [0.1, 0.15) is 5.76 Å². The Morgan fingerprint density at radius 2 is 2.21 bits per heavy atom. The van der Waals surface area contributed by atoms with E-state index in [1.54, 1.807) is 6.26 Å². The third kappa shape index (κ3) is 8.74. The van der Waals surface area contributed by atoms with Crippen LogP contribution in [0.1, 0.15) is 25.5 Å². The Morgan fingerprint density at radius 3 is 2.97 bits per heavy atom. The van der Waals surface area contributed by atoms with Gasteiger partial charge in [-0.15, -0.1) is 0 Å². The van der Waals surface area contributed by atoms with Gasteiger partial charge in [0.2, 0.25) is 0 Å². The first-order valence-corrected chi connectivity index (χ1v) is 10.9. The summed E-state index contributed by atoms with van der Waals surface area (Å²) in [4.78, 5) is 7.21. The fourth-order valence-corrected chi connectivity index (χ4v) is 3.42. The van der Waals surface area contributed by atoms with Crippen LogP contribution in [0.15, 0.2) is 27.8 Å². The molecule has 0 spiro atoms. The molecule has 1 aromatic rings. The molecule has 0 aliphatic carbocycles. The zero-order valence-corrected chi connectivity index (χ0v) is 17.6. The van der Waals surface area contributed by atoms with E-state index in [2.05, 4.69) is 22.5 Å². The number of guanidine groups is 1. The minimum absolute atomic E-state index is 0.171. The number of ether oxygens (including phenoxy) is 3. The summed E-state index contributed by atoms with van der Waals surface area (Å²) in [6, 6.07) is 4.08. The normalized spacial score (nSPS) is 22.0. The van der Waals surface area contributed by atoms with Crippen molar-refractivity contribution in [1.82, 2.24) is 15.5 Å². The highest BCUT2D eigenvalue weighted by molar-refractivity contribution is 5.80. The maximum atomic E-state index is 5.93. The number of hydrogen-bond acceptors (Lipinski definition) is 6. The van der Waals surface area contributed by atoms with E-state index in [4.69, 9.17) is 23.6 Å². The van der Waals surface area contributed by atoms with Crippen molar-refractivity contribution in [2.75, 3.05) is 65.8 Å². The average Bonchev–Trinajstić information content (AvgIpc) is 3.44. The number of furan rings is 1. The molecule has 0 saturated carbocycles. The molecule has 164 valence electrons. The number of rotatable bonds is 11. The Morgan fingerprint density at radius 1 is 1.31 bits per heavy atom. The first-order valence-electron chi connectivity index (χ1n) is 10.9. The van der Waals surface area contributed by atoms with Gasteiger partial charge >= 0.3 is 0 Å². The van der Waals surface area contributed by atoms with Crippen molar-refractivity contribution in [2.45, 2.75) is 38.3 Å². The van der Waals surface area contributed by atoms with E-state index in [9.17, 15) is 0 Å². The predicted molar refractivity (Wildman–Crippen MR) is 112 cm³/mol. The summed E-state index contributed by atoms with van der Waals surface area (Å²) in [6.45, 7) is 10.6. The molecule has 0 aromatic carbocycles. The number of aliphatic imine (C=N–C) groups is 1. The van der Waals surface area contributed by atoms with Crippen molar-refractivity contribution in [1.29, 1.82) is 0 Å². The molecule has 2 unspecified atom stereocenters. The van der Waals surface area contributed by atoms with Gasteiger partial charge in [0, 0.05) is 51.8 Å². The minimum Gasteiger partial charge on any atom is -0.469 e. The minimum atomic E-state index is 0.171. The Hall–Kier alpha value is -1.61. The van der Waals surface area contributed by atoms with Crippen LogP contribution in [0.25, 0.3) is 0 Å². The van der Waals surface area contributed by atoms with Crippen LogP contribution < -0.4 is 10.6 Å². The molecule has 0 amide bonds. The monoisotopic (exact) mass is 408 g/mol. The second-order valence-corrected chi connectivity index (χ2v) is 7.66. The first-order chi connectivity index (χ1) is 14.3. The van der Waals surface area contributed by atoms with Gasteiger partial charge in [-0.05, 0) is 31.9 Å². The lowest BCUT2D eigenvalue weighted by Crippen LogP contribution is -2.45. The third-order valence-electron chi connectivity index (χ3n) is 5.10. The smallest absolute Gasteiger partial charge is 0.191 e. The summed E-state index contributed by atoms with van der Waals surface area (Å²) in [5.41, 5.74) is 0. The molecule has 0 radical (unpaired) electrons. The molecule has 2 aliphatic rings. The van der Waals surface area contributed by atoms with E-state index in [0.717, 1.165) is 83.5 Å². The van der Waals surface area contributed by atoms with Crippen molar-refractivity contribution >= 4 is 5.96 Å². The SMILES string of the molecule is CC(COC1CCOC1)NC(=NCCCN1CCOCC1)NCCc1ccco1. The second-order valence-electron chi connectivity index (χ2n) is 7.66. The lowest BCUT2D eigenvalue weighted by molar-refractivity contribution is 0.0347. The van der Waals surface area contributed by atoms with Crippen molar-refractivity contribution in [3.05, 3.63) is 24.2 Å². The summed E-state index contributed by atoms with van der Waals surface area (Å²) < 4.78 is 22.1. The Balaban J connectivity index is 1.40. The van der Waals surface area contributed by atoms with Gasteiger partial charge in [0.25, 0.3) is 0 Å². The lowest BCUT2D eigenvalue weighted by atomic mass is 10.3. The number of hydrogen-bond donors (Lipinski definition) is 2. The fourth-order valence-electron chi connectivity index (χ4n) is 3.42. The van der Waals surface area contributed by atoms with Crippen LogP contribution in [0.4, 0.5) is 0 Å². The standard InChI is InChI=1S/C21H36N4O4/c1-18(16-29-20-6-13-27-17-20)24-21(23-8-5-19-4-2-12-28-19)22-7-3-9-25-10-14-26-15-11-25/h2,4,12,18,20H,3,5-11,13-17H2,1H3,(H2,22,23,24). The van der Waals surface area contributed by atoms with E-state index in [-0.39, 0.29) is 12.1 Å². The van der Waals surface area contributed by atoms with Crippen molar-refractivity contribution < 1.29 is 18.6 Å². The molecule has 8 heteroatoms. The van der Waals surface area contributed by atoms with Crippen molar-refractivity contribution in [3.8, 4) is 0 Å². The van der Waals surface area contributed by atoms with Crippen LogP contribution >= 0.6 is 0 Å². The van der Waals surface area contributed by atoms with Gasteiger partial charge in [0.05, 0.1) is 38.8 Å². The Labute approximate surface area is 174 Å². The summed E-state index contributed by atoms with van der Waals surface area (Å²) in [5, 5.41) is 6.89. The average molecular weight is 409 g/mol. The van der Waals surface area contributed by atoms with E-state index in [0.29, 0.717) is 13.2 Å². The zero-order chi connectivity index (χ0) is 20.2. The highest BCUT2D eigenvalue weighted by Gasteiger charge is 2.17. The van der Waals surface area contributed by atoms with Crippen LogP contribution in [0.2, 0.25) is 0 Å². The van der Waals surface area contributed by atoms with Crippen LogP contribution in [-0.4, -0.2) is 88.8 Å². The summed E-state index contributed by atoms with van der Waals surface area (Å²) >= 11 is 0. The van der Waals surface area contributed by atoms with Crippen molar-refractivity contribution in [3.63, 3.8) is 0 Å². The van der Waals surface area contributed by atoms with Gasteiger partial charge in [-0.25, -0.2) is 0 Å². The molecule has 2 N–H and O–H groups in total. The van der Waals surface area contributed by atoms with Gasteiger partial charge in [-0.2, -0.15) is 0 Å². The Bertz CT molecular complexity index is 569. The number of nitrogens with zero attached hydrogens (tertiary/aromatic N) is 2. The molecular weight excluding hydrogens is 372 g/mol. The second kappa shape index (κ2) is 12.8. The summed E-state index contributed by atoms with van der Waals surface area (Å²) in [5.74, 6) is 1.80. The molecule has 2 fully saturated rings. The number of nitrogens with one attached hydrogen (secondary N) is 2. The van der Waals surface area contributed by atoms with Gasteiger partial charge in [0.15, 0.2) is 5.96 Å². The molecule has 1 aromatic heterocycles. The lowest BCUT2D eigenvalue weighted by Gasteiger charge is -2.26. The Kier molecular flexibility index (Phi) is 9.78. The van der Waals surface area contributed by atoms with Gasteiger partial charge < -0.3 is 29.3 Å². The molecule has 2 aliphatic heterocycles. The predicted octanol–water partition coefficient (Wildman–Crippen LogP) is 1.27. The zero-order valence-electron chi connectivity index (χ0n) is 17.6. The van der Waals surface area contributed by atoms with Gasteiger partial charge in [-0.3, -0.25) is 9.89 Å². The molecule has 29 heavy (non-hydrogen) atoms. The van der Waals surface area contributed by atoms with Crippen LogP contribution in [0.5, 0.6) is 0 Å². The summed E-state index contributed by atoms with van der Waals surface area (Å²) in [6.07, 6.45) is 4.78. The fraction of sp³-hybridized carbons (Fsp3) is 0.762. The molecule has 2 atom stereocenters. The molecule has 8 nitrogen and oxygen atoms in total. The largest absolute Gasteiger partial charge is 0.469 e. The summed E-state index contributed by atoms with van der Waals surface area (Å²) in [7, 11) is 0. The molecule has 3 heterocycles.